The molecular weight excluding hydrogens is 361 g/mol. The number of hydrogen-bond donors (Lipinski definition) is 2. The highest BCUT2D eigenvalue weighted by Gasteiger charge is 2.38. The highest BCUT2D eigenvalue weighted by atomic mass is 35.5. The number of carbonyl (C=O) groups is 1. The fourth-order valence-electron chi connectivity index (χ4n) is 2.60. The number of alkyl halides is 3. The first-order valence-electron chi connectivity index (χ1n) is 7.65. The summed E-state index contributed by atoms with van der Waals surface area (Å²) in [6, 6.07) is 4.50. The summed E-state index contributed by atoms with van der Waals surface area (Å²) < 4.78 is 46.6. The molecule has 0 unspecified atom stereocenters. The van der Waals surface area contributed by atoms with Crippen molar-refractivity contribution in [3.63, 3.8) is 0 Å². The predicted octanol–water partition coefficient (Wildman–Crippen LogP) is 3.05. The molecule has 1 heterocycles. The van der Waals surface area contributed by atoms with Crippen molar-refractivity contribution in [3.8, 4) is 5.75 Å². The van der Waals surface area contributed by atoms with Crippen LogP contribution in [0.3, 0.4) is 0 Å². The van der Waals surface area contributed by atoms with Gasteiger partial charge in [0.25, 0.3) is 0 Å². The van der Waals surface area contributed by atoms with Crippen LogP contribution < -0.4 is 15.8 Å². The topological polar surface area (TPSA) is 73.6 Å². The first kappa shape index (κ1) is 21.5. The van der Waals surface area contributed by atoms with Crippen LogP contribution in [0.1, 0.15) is 18.4 Å². The molecule has 5 nitrogen and oxygen atoms in total. The molecule has 1 aromatic rings. The summed E-state index contributed by atoms with van der Waals surface area (Å²) in [5.41, 5.74) is 6.12. The second-order valence-corrected chi connectivity index (χ2v) is 5.94. The third kappa shape index (κ3) is 5.76. The largest absolute Gasteiger partial charge is 0.484 e. The minimum absolute atomic E-state index is 0. The van der Waals surface area contributed by atoms with Crippen molar-refractivity contribution in [1.82, 2.24) is 0 Å². The van der Waals surface area contributed by atoms with Gasteiger partial charge in [0.15, 0.2) is 6.61 Å². The number of ether oxygens (including phenoxy) is 2. The second-order valence-electron chi connectivity index (χ2n) is 5.94. The number of anilines is 1. The van der Waals surface area contributed by atoms with Gasteiger partial charge in [-0.25, -0.2) is 0 Å². The Bertz CT molecular complexity index is 590. The van der Waals surface area contributed by atoms with Gasteiger partial charge in [-0.1, -0.05) is 0 Å². The maximum absolute atomic E-state index is 12.5. The van der Waals surface area contributed by atoms with Crippen molar-refractivity contribution in [2.24, 2.45) is 11.1 Å². The third-order valence-electron chi connectivity index (χ3n) is 4.15. The summed E-state index contributed by atoms with van der Waals surface area (Å²) >= 11 is 0. The normalized spacial score (nSPS) is 16.7. The molecule has 25 heavy (non-hydrogen) atoms. The van der Waals surface area contributed by atoms with E-state index in [0.29, 0.717) is 37.3 Å². The third-order valence-corrected chi connectivity index (χ3v) is 4.15. The van der Waals surface area contributed by atoms with E-state index in [1.54, 1.807) is 13.0 Å². The molecular formula is C16H22ClF3N2O3. The van der Waals surface area contributed by atoms with Crippen molar-refractivity contribution in [1.29, 1.82) is 0 Å². The first-order valence-corrected chi connectivity index (χ1v) is 7.65. The van der Waals surface area contributed by atoms with Crippen LogP contribution in [-0.2, 0) is 9.53 Å². The minimum Gasteiger partial charge on any atom is -0.484 e. The number of nitrogens with one attached hydrogen (secondary N) is 1. The van der Waals surface area contributed by atoms with Crippen LogP contribution in [0.5, 0.6) is 5.75 Å². The molecule has 0 spiro atoms. The van der Waals surface area contributed by atoms with Gasteiger partial charge in [-0.2, -0.15) is 13.2 Å². The Morgan fingerprint density at radius 2 is 2.00 bits per heavy atom. The lowest BCUT2D eigenvalue weighted by Gasteiger charge is -2.34. The van der Waals surface area contributed by atoms with Crippen LogP contribution in [-0.4, -0.2) is 38.4 Å². The summed E-state index contributed by atoms with van der Waals surface area (Å²) in [4.78, 5) is 12.5. The molecule has 0 saturated carbocycles. The number of nitrogens with two attached hydrogens (primary N) is 1. The fraction of sp³-hybridized carbons (Fsp3) is 0.562. The van der Waals surface area contributed by atoms with Gasteiger partial charge in [-0.3, -0.25) is 4.79 Å². The lowest BCUT2D eigenvalue weighted by Crippen LogP contribution is -2.46. The van der Waals surface area contributed by atoms with E-state index in [4.69, 9.17) is 15.2 Å². The SMILES string of the molecule is Cc1cc(NC(=O)C2(CN)CCOCC2)ccc1OCC(F)(F)F.Cl. The lowest BCUT2D eigenvalue weighted by atomic mass is 9.79. The average molecular weight is 383 g/mol. The Balaban J connectivity index is 0.00000312. The highest BCUT2D eigenvalue weighted by Crippen LogP contribution is 2.32. The van der Waals surface area contributed by atoms with Gasteiger partial charge in [-0.15, -0.1) is 12.4 Å². The molecule has 142 valence electrons. The maximum Gasteiger partial charge on any atom is 0.422 e. The number of rotatable bonds is 5. The predicted molar refractivity (Wildman–Crippen MR) is 90.1 cm³/mol. The van der Waals surface area contributed by atoms with E-state index in [1.807, 2.05) is 0 Å². The van der Waals surface area contributed by atoms with Crippen LogP contribution in [0.25, 0.3) is 0 Å². The zero-order chi connectivity index (χ0) is 17.8. The van der Waals surface area contributed by atoms with Gasteiger partial charge in [0, 0.05) is 25.4 Å². The number of carbonyl (C=O) groups excluding carboxylic acids is 1. The van der Waals surface area contributed by atoms with Gasteiger partial charge in [0.1, 0.15) is 5.75 Å². The summed E-state index contributed by atoms with van der Waals surface area (Å²) in [5, 5.41) is 2.79. The molecule has 3 N–H and O–H groups in total. The summed E-state index contributed by atoms with van der Waals surface area (Å²) in [7, 11) is 0. The molecule has 1 fully saturated rings. The monoisotopic (exact) mass is 382 g/mol. The molecule has 1 saturated heterocycles. The molecule has 1 aliphatic heterocycles. The maximum atomic E-state index is 12.5. The highest BCUT2D eigenvalue weighted by molar-refractivity contribution is 5.95. The van der Waals surface area contributed by atoms with Gasteiger partial charge in [0.05, 0.1) is 5.41 Å². The van der Waals surface area contributed by atoms with Crippen LogP contribution >= 0.6 is 12.4 Å². The minimum atomic E-state index is -4.39. The molecule has 0 bridgehead atoms. The van der Waals surface area contributed by atoms with E-state index in [-0.39, 0.29) is 30.6 Å². The summed E-state index contributed by atoms with van der Waals surface area (Å²) in [6.45, 7) is 1.44. The summed E-state index contributed by atoms with van der Waals surface area (Å²) in [6.07, 6.45) is -3.31. The van der Waals surface area contributed by atoms with Gasteiger partial charge >= 0.3 is 6.18 Å². The molecule has 1 amide bonds. The number of aryl methyl sites for hydroxylation is 1. The van der Waals surface area contributed by atoms with Crippen LogP contribution in [0.2, 0.25) is 0 Å². The van der Waals surface area contributed by atoms with E-state index in [1.165, 1.54) is 12.1 Å². The first-order chi connectivity index (χ1) is 11.3. The number of halogens is 4. The molecule has 2 rings (SSSR count). The zero-order valence-electron chi connectivity index (χ0n) is 13.8. The summed E-state index contributed by atoms with van der Waals surface area (Å²) in [5.74, 6) is -0.0680. The van der Waals surface area contributed by atoms with E-state index in [9.17, 15) is 18.0 Å². The second kappa shape index (κ2) is 8.73. The molecule has 0 aromatic heterocycles. The fourth-order valence-corrected chi connectivity index (χ4v) is 2.60. The van der Waals surface area contributed by atoms with Gasteiger partial charge < -0.3 is 20.5 Å². The van der Waals surface area contributed by atoms with Crippen molar-refractivity contribution in [2.75, 3.05) is 31.7 Å². The molecule has 0 radical (unpaired) electrons. The molecule has 9 heteroatoms. The zero-order valence-corrected chi connectivity index (χ0v) is 14.6. The standard InChI is InChI=1S/C16H21F3N2O3.ClH/c1-11-8-12(2-3-13(11)24-10-16(17,18)19)21-14(22)15(9-20)4-6-23-7-5-15;/h2-3,8H,4-7,9-10,20H2,1H3,(H,21,22);1H. The van der Waals surface area contributed by atoms with Crippen molar-refractivity contribution < 1.29 is 27.4 Å². The van der Waals surface area contributed by atoms with Gasteiger partial charge in [-0.05, 0) is 43.5 Å². The Morgan fingerprint density at radius 3 is 2.52 bits per heavy atom. The number of amides is 1. The van der Waals surface area contributed by atoms with Gasteiger partial charge in [0.2, 0.25) is 5.91 Å². The molecule has 1 aromatic carbocycles. The van der Waals surface area contributed by atoms with Crippen LogP contribution in [0, 0.1) is 12.3 Å². The average Bonchev–Trinajstić information content (AvgIpc) is 2.53. The van der Waals surface area contributed by atoms with E-state index < -0.39 is 18.2 Å². The van der Waals surface area contributed by atoms with Crippen molar-refractivity contribution in [2.45, 2.75) is 25.9 Å². The molecule has 0 aliphatic carbocycles. The number of hydrogen-bond acceptors (Lipinski definition) is 4. The number of benzene rings is 1. The Morgan fingerprint density at radius 1 is 1.36 bits per heavy atom. The van der Waals surface area contributed by atoms with Crippen LogP contribution in [0.4, 0.5) is 18.9 Å². The molecule has 1 aliphatic rings. The quantitative estimate of drug-likeness (QED) is 0.821. The lowest BCUT2D eigenvalue weighted by molar-refractivity contribution is -0.153. The van der Waals surface area contributed by atoms with Crippen LogP contribution in [0.15, 0.2) is 18.2 Å². The Kier molecular flexibility index (Phi) is 7.52. The van der Waals surface area contributed by atoms with E-state index >= 15 is 0 Å². The van der Waals surface area contributed by atoms with Crippen molar-refractivity contribution in [3.05, 3.63) is 23.8 Å². The smallest absolute Gasteiger partial charge is 0.422 e. The van der Waals surface area contributed by atoms with Crippen molar-refractivity contribution >= 4 is 24.0 Å². The molecule has 0 atom stereocenters. The Hall–Kier alpha value is -1.51. The Labute approximate surface area is 150 Å². The van der Waals surface area contributed by atoms with E-state index in [2.05, 4.69) is 5.32 Å². The van der Waals surface area contributed by atoms with E-state index in [0.717, 1.165) is 0 Å².